The summed E-state index contributed by atoms with van der Waals surface area (Å²) >= 11 is 0. The van der Waals surface area contributed by atoms with E-state index in [1.165, 1.54) is 57.8 Å². The summed E-state index contributed by atoms with van der Waals surface area (Å²) in [5, 5.41) is 10.3. The molecule has 1 amide bonds. The van der Waals surface area contributed by atoms with Crippen molar-refractivity contribution in [3.8, 4) is 0 Å². The van der Waals surface area contributed by atoms with E-state index in [4.69, 9.17) is 24.0 Å². The highest BCUT2D eigenvalue weighted by molar-refractivity contribution is 5.90. The van der Waals surface area contributed by atoms with Crippen LogP contribution in [0.15, 0.2) is 35.4 Å². The number of rotatable bonds is 20. The molecule has 0 bridgehead atoms. The molecule has 244 valence electrons. The Labute approximate surface area is 261 Å². The summed E-state index contributed by atoms with van der Waals surface area (Å²) < 4.78 is 23.4. The van der Waals surface area contributed by atoms with E-state index in [1.54, 1.807) is 7.11 Å². The second kappa shape index (κ2) is 20.0. The maximum atomic E-state index is 12.8. The van der Waals surface area contributed by atoms with Gasteiger partial charge in [-0.3, -0.25) is 5.01 Å². The van der Waals surface area contributed by atoms with Crippen LogP contribution in [0.3, 0.4) is 0 Å². The Hall–Kier alpha value is -2.16. The molecular formula is C35H59N3O5. The fourth-order valence-corrected chi connectivity index (χ4v) is 6.03. The van der Waals surface area contributed by atoms with Gasteiger partial charge in [-0.1, -0.05) is 101 Å². The van der Waals surface area contributed by atoms with E-state index in [1.807, 2.05) is 44.2 Å². The molecule has 2 aliphatic rings. The van der Waals surface area contributed by atoms with Crippen molar-refractivity contribution in [1.82, 2.24) is 10.3 Å². The number of alkyl carbamates (subject to hydrolysis) is 1. The van der Waals surface area contributed by atoms with Gasteiger partial charge in [0.2, 0.25) is 0 Å². The molecule has 0 saturated carbocycles. The summed E-state index contributed by atoms with van der Waals surface area (Å²) in [5.74, 6) is -0.672. The number of carbonyl (C=O) groups excluding carboxylic acids is 1. The SMILES string of the molecule is CCCCCCCCCCCC[C@H](CC[C@@H]1OC(C)(C)OC/C1=N\N1CCC[C@H]1COC)NC(=O)OCc1ccccc1. The minimum absolute atomic E-state index is 0.0150. The third-order valence-electron chi connectivity index (χ3n) is 8.55. The molecule has 43 heavy (non-hydrogen) atoms. The van der Waals surface area contributed by atoms with Crippen LogP contribution in [-0.4, -0.2) is 67.7 Å². The lowest BCUT2D eigenvalue weighted by Crippen LogP contribution is -2.48. The summed E-state index contributed by atoms with van der Waals surface area (Å²) in [6.07, 6.45) is 17.1. The minimum atomic E-state index is -0.672. The third-order valence-corrected chi connectivity index (χ3v) is 8.55. The van der Waals surface area contributed by atoms with Crippen molar-refractivity contribution in [2.45, 2.75) is 148 Å². The average Bonchev–Trinajstić information content (AvgIpc) is 3.43. The van der Waals surface area contributed by atoms with Crippen LogP contribution in [0.2, 0.25) is 0 Å². The van der Waals surface area contributed by atoms with Crippen molar-refractivity contribution in [1.29, 1.82) is 0 Å². The van der Waals surface area contributed by atoms with E-state index < -0.39 is 5.79 Å². The standard InChI is InChI=1S/C35H59N3O5/c1-5-6-7-8-9-10-11-12-13-17-21-30(36-34(39)41-26-29-19-15-14-16-20-29)23-24-33-32(28-42-35(2,3)43-33)37-38-25-18-22-31(38)27-40-4/h14-16,19-20,30-31,33H,5-13,17-18,21-28H2,1-4H3,(H,36,39)/b37-32+/t30-,31+,33+/m1/s1. The molecule has 8 nitrogen and oxygen atoms in total. The maximum absolute atomic E-state index is 12.8. The second-order valence-corrected chi connectivity index (χ2v) is 12.8. The van der Waals surface area contributed by atoms with Crippen LogP contribution < -0.4 is 5.32 Å². The molecular weight excluding hydrogens is 542 g/mol. The fraction of sp³-hybridized carbons (Fsp3) is 0.771. The molecule has 3 rings (SSSR count). The maximum Gasteiger partial charge on any atom is 0.407 e. The van der Waals surface area contributed by atoms with Gasteiger partial charge < -0.3 is 24.3 Å². The van der Waals surface area contributed by atoms with Gasteiger partial charge in [0.05, 0.1) is 25.0 Å². The Morgan fingerprint density at radius 1 is 1.05 bits per heavy atom. The first-order valence-electron chi connectivity index (χ1n) is 17.0. The van der Waals surface area contributed by atoms with Gasteiger partial charge in [-0.15, -0.1) is 0 Å². The molecule has 2 saturated heterocycles. The van der Waals surface area contributed by atoms with E-state index in [0.717, 1.165) is 56.3 Å². The van der Waals surface area contributed by atoms with Crippen molar-refractivity contribution in [2.75, 3.05) is 26.9 Å². The Balaban J connectivity index is 1.54. The highest BCUT2D eigenvalue weighted by Gasteiger charge is 2.35. The van der Waals surface area contributed by atoms with E-state index in [0.29, 0.717) is 19.3 Å². The van der Waals surface area contributed by atoms with E-state index >= 15 is 0 Å². The van der Waals surface area contributed by atoms with E-state index in [-0.39, 0.29) is 24.8 Å². The number of ether oxygens (including phenoxy) is 4. The molecule has 1 aromatic carbocycles. The number of carbonyl (C=O) groups is 1. The third kappa shape index (κ3) is 14.0. The zero-order valence-electron chi connectivity index (χ0n) is 27.5. The smallest absolute Gasteiger partial charge is 0.407 e. The number of hydrogen-bond donors (Lipinski definition) is 1. The van der Waals surface area contributed by atoms with Crippen LogP contribution in [0.1, 0.15) is 123 Å². The second-order valence-electron chi connectivity index (χ2n) is 12.8. The van der Waals surface area contributed by atoms with Crippen molar-refractivity contribution in [3.05, 3.63) is 35.9 Å². The predicted molar refractivity (Wildman–Crippen MR) is 173 cm³/mol. The lowest BCUT2D eigenvalue weighted by molar-refractivity contribution is -0.236. The topological polar surface area (TPSA) is 81.6 Å². The Kier molecular flexibility index (Phi) is 16.4. The van der Waals surface area contributed by atoms with Crippen LogP contribution in [0.25, 0.3) is 0 Å². The number of hydrazone groups is 1. The zero-order valence-corrected chi connectivity index (χ0v) is 27.5. The Bertz CT molecular complexity index is 925. The quantitative estimate of drug-likeness (QED) is 0.153. The number of amides is 1. The molecule has 0 radical (unpaired) electrons. The number of methoxy groups -OCH3 is 1. The molecule has 0 aliphatic carbocycles. The van der Waals surface area contributed by atoms with E-state index in [2.05, 4.69) is 17.2 Å². The lowest BCUT2D eigenvalue weighted by Gasteiger charge is -2.38. The van der Waals surface area contributed by atoms with Crippen molar-refractivity contribution in [2.24, 2.45) is 5.10 Å². The summed E-state index contributed by atoms with van der Waals surface area (Å²) in [7, 11) is 1.74. The summed E-state index contributed by atoms with van der Waals surface area (Å²) in [5.41, 5.74) is 1.91. The van der Waals surface area contributed by atoms with Gasteiger partial charge in [-0.25, -0.2) is 4.79 Å². The summed E-state index contributed by atoms with van der Waals surface area (Å²) in [6.45, 7) is 8.49. The number of unbranched alkanes of at least 4 members (excludes halogenated alkanes) is 9. The van der Waals surface area contributed by atoms with Crippen LogP contribution in [0.4, 0.5) is 4.79 Å². The van der Waals surface area contributed by atoms with Gasteiger partial charge in [0, 0.05) is 19.7 Å². The Morgan fingerprint density at radius 3 is 2.44 bits per heavy atom. The molecule has 1 N–H and O–H groups in total. The van der Waals surface area contributed by atoms with Crippen LogP contribution in [0, 0.1) is 0 Å². The lowest BCUT2D eigenvalue weighted by atomic mass is 9.98. The van der Waals surface area contributed by atoms with Crippen molar-refractivity contribution in [3.63, 3.8) is 0 Å². The first-order chi connectivity index (χ1) is 20.9. The van der Waals surface area contributed by atoms with E-state index in [9.17, 15) is 4.79 Å². The van der Waals surface area contributed by atoms with Crippen LogP contribution >= 0.6 is 0 Å². The predicted octanol–water partition coefficient (Wildman–Crippen LogP) is 7.99. The monoisotopic (exact) mass is 601 g/mol. The van der Waals surface area contributed by atoms with Gasteiger partial charge in [0.1, 0.15) is 12.7 Å². The molecule has 0 spiro atoms. The molecule has 8 heteroatoms. The summed E-state index contributed by atoms with van der Waals surface area (Å²) in [4.78, 5) is 12.8. The first kappa shape index (κ1) is 35.3. The molecule has 2 aliphatic heterocycles. The molecule has 0 aromatic heterocycles. The zero-order chi connectivity index (χ0) is 30.8. The van der Waals surface area contributed by atoms with Gasteiger partial charge in [-0.2, -0.15) is 5.10 Å². The van der Waals surface area contributed by atoms with Crippen LogP contribution in [0.5, 0.6) is 0 Å². The fourth-order valence-electron chi connectivity index (χ4n) is 6.03. The average molecular weight is 602 g/mol. The van der Waals surface area contributed by atoms with Crippen molar-refractivity contribution < 1.29 is 23.7 Å². The first-order valence-corrected chi connectivity index (χ1v) is 17.0. The number of hydrogen-bond acceptors (Lipinski definition) is 7. The van der Waals surface area contributed by atoms with Gasteiger partial charge in [0.15, 0.2) is 5.79 Å². The number of benzene rings is 1. The summed E-state index contributed by atoms with van der Waals surface area (Å²) in [6, 6.07) is 10.1. The number of nitrogens with zero attached hydrogens (tertiary/aromatic N) is 2. The van der Waals surface area contributed by atoms with Gasteiger partial charge in [-0.05, 0) is 51.5 Å². The highest BCUT2D eigenvalue weighted by atomic mass is 16.7. The van der Waals surface area contributed by atoms with Crippen molar-refractivity contribution >= 4 is 11.8 Å². The highest BCUT2D eigenvalue weighted by Crippen LogP contribution is 2.27. The molecule has 3 atom stereocenters. The molecule has 2 fully saturated rings. The molecule has 0 unspecified atom stereocenters. The van der Waals surface area contributed by atoms with Gasteiger partial charge >= 0.3 is 6.09 Å². The van der Waals surface area contributed by atoms with Crippen LogP contribution in [-0.2, 0) is 25.6 Å². The van der Waals surface area contributed by atoms with Gasteiger partial charge in [0.25, 0.3) is 0 Å². The number of nitrogens with one attached hydrogen (secondary N) is 1. The minimum Gasteiger partial charge on any atom is -0.445 e. The molecule has 1 aromatic rings. The largest absolute Gasteiger partial charge is 0.445 e. The Morgan fingerprint density at radius 2 is 1.74 bits per heavy atom. The molecule has 2 heterocycles. The normalized spacial score (nSPS) is 21.7.